The highest BCUT2D eigenvalue weighted by molar-refractivity contribution is 8.01. The molecule has 1 aliphatic rings. The molecule has 0 bridgehead atoms. The minimum Gasteiger partial charge on any atom is -0.379 e. The van der Waals surface area contributed by atoms with E-state index in [1.165, 1.54) is 0 Å². The van der Waals surface area contributed by atoms with E-state index in [-0.39, 0.29) is 11.0 Å². The predicted octanol–water partition coefficient (Wildman–Crippen LogP) is 1.46. The average molecular weight is 175 g/mol. The number of methoxy groups -OCH3 is 1. The molecule has 2 nitrogen and oxygen atoms in total. The van der Waals surface area contributed by atoms with Gasteiger partial charge in [-0.25, -0.2) is 0 Å². The maximum atomic E-state index is 5.30. The van der Waals surface area contributed by atoms with Gasteiger partial charge in [0.15, 0.2) is 0 Å². The summed E-state index contributed by atoms with van der Waals surface area (Å²) in [6.45, 7) is 7.65. The highest BCUT2D eigenvalue weighted by atomic mass is 32.2. The summed E-state index contributed by atoms with van der Waals surface area (Å²) in [7, 11) is 1.77. The van der Waals surface area contributed by atoms with Crippen LogP contribution in [0.15, 0.2) is 0 Å². The second kappa shape index (κ2) is 3.33. The van der Waals surface area contributed by atoms with E-state index in [1.807, 2.05) is 11.8 Å². The molecule has 3 heteroatoms. The first-order chi connectivity index (χ1) is 5.08. The molecule has 0 saturated carbocycles. The van der Waals surface area contributed by atoms with Crippen molar-refractivity contribution in [2.24, 2.45) is 0 Å². The van der Waals surface area contributed by atoms with Crippen LogP contribution in [0.25, 0.3) is 0 Å². The van der Waals surface area contributed by atoms with Gasteiger partial charge in [-0.05, 0) is 13.8 Å². The second-order valence-electron chi connectivity index (χ2n) is 3.29. The molecule has 0 spiro atoms. The van der Waals surface area contributed by atoms with E-state index >= 15 is 0 Å². The number of ether oxygens (including phenoxy) is 1. The van der Waals surface area contributed by atoms with Crippen LogP contribution in [0.1, 0.15) is 20.8 Å². The summed E-state index contributed by atoms with van der Waals surface area (Å²) >= 11 is 1.96. The van der Waals surface area contributed by atoms with Crippen molar-refractivity contribution in [2.75, 3.05) is 13.7 Å². The highest BCUT2D eigenvalue weighted by Crippen LogP contribution is 2.35. The van der Waals surface area contributed by atoms with Crippen molar-refractivity contribution in [3.8, 4) is 0 Å². The Bertz CT molecular complexity index is 142. The zero-order chi connectivity index (χ0) is 8.48. The van der Waals surface area contributed by atoms with Crippen LogP contribution in [-0.2, 0) is 4.74 Å². The van der Waals surface area contributed by atoms with E-state index in [4.69, 9.17) is 4.74 Å². The molecule has 0 aromatic rings. The molecule has 0 aliphatic carbocycles. The predicted molar refractivity (Wildman–Crippen MR) is 49.9 cm³/mol. The minimum atomic E-state index is 0.119. The smallest absolute Gasteiger partial charge is 0.0882 e. The van der Waals surface area contributed by atoms with Gasteiger partial charge in [0, 0.05) is 18.9 Å². The molecule has 0 aromatic heterocycles. The van der Waals surface area contributed by atoms with E-state index in [0.29, 0.717) is 5.25 Å². The summed E-state index contributed by atoms with van der Waals surface area (Å²) in [6, 6.07) is 0. The maximum absolute atomic E-state index is 5.30. The molecule has 1 rings (SSSR count). The fraction of sp³-hybridized carbons (Fsp3) is 1.00. The lowest BCUT2D eigenvalue weighted by molar-refractivity contribution is 0.0797. The fourth-order valence-corrected chi connectivity index (χ4v) is 2.77. The Morgan fingerprint density at radius 3 is 2.73 bits per heavy atom. The quantitative estimate of drug-likeness (QED) is 0.686. The van der Waals surface area contributed by atoms with Gasteiger partial charge in [0.25, 0.3) is 0 Å². The van der Waals surface area contributed by atoms with Crippen molar-refractivity contribution in [3.05, 3.63) is 0 Å². The molecule has 1 saturated heterocycles. The third kappa shape index (κ3) is 1.89. The fourth-order valence-electron chi connectivity index (χ4n) is 1.31. The third-order valence-corrected chi connectivity index (χ3v) is 3.85. The molecule has 1 fully saturated rings. The molecular formula is C8H17NOS. The summed E-state index contributed by atoms with van der Waals surface area (Å²) in [5, 5.41) is 4.18. The molecule has 3 atom stereocenters. The second-order valence-corrected chi connectivity index (χ2v) is 5.18. The molecule has 3 unspecified atom stereocenters. The van der Waals surface area contributed by atoms with Crippen LogP contribution in [0.2, 0.25) is 0 Å². The zero-order valence-electron chi connectivity index (χ0n) is 7.68. The number of hydrogen-bond donors (Lipinski definition) is 1. The lowest BCUT2D eigenvalue weighted by Crippen LogP contribution is -2.44. The molecule has 11 heavy (non-hydrogen) atoms. The van der Waals surface area contributed by atoms with Crippen molar-refractivity contribution in [1.82, 2.24) is 5.32 Å². The first kappa shape index (κ1) is 9.36. The highest BCUT2D eigenvalue weighted by Gasteiger charge is 2.38. The Morgan fingerprint density at radius 1 is 1.73 bits per heavy atom. The molecule has 1 N–H and O–H groups in total. The topological polar surface area (TPSA) is 21.3 Å². The summed E-state index contributed by atoms with van der Waals surface area (Å²) in [6.07, 6.45) is 0.275. The Hall–Kier alpha value is 0.270. The largest absolute Gasteiger partial charge is 0.379 e. The van der Waals surface area contributed by atoms with Gasteiger partial charge in [-0.1, -0.05) is 6.92 Å². The Kier molecular flexibility index (Phi) is 2.84. The van der Waals surface area contributed by atoms with Crippen LogP contribution in [0.3, 0.4) is 0 Å². The number of hydrogen-bond acceptors (Lipinski definition) is 3. The van der Waals surface area contributed by atoms with Crippen molar-refractivity contribution in [1.29, 1.82) is 0 Å². The first-order valence-electron chi connectivity index (χ1n) is 4.04. The van der Waals surface area contributed by atoms with Crippen LogP contribution in [0.5, 0.6) is 0 Å². The Morgan fingerprint density at radius 2 is 2.36 bits per heavy atom. The Balaban J connectivity index is 2.54. The van der Waals surface area contributed by atoms with Gasteiger partial charge in [0.2, 0.25) is 0 Å². The first-order valence-corrected chi connectivity index (χ1v) is 4.92. The summed E-state index contributed by atoms with van der Waals surface area (Å²) in [5.74, 6) is 0. The third-order valence-electron chi connectivity index (χ3n) is 2.32. The normalized spacial score (nSPS) is 40.9. The molecule has 0 radical (unpaired) electrons. The van der Waals surface area contributed by atoms with Crippen molar-refractivity contribution < 1.29 is 4.74 Å². The van der Waals surface area contributed by atoms with E-state index in [1.54, 1.807) is 7.11 Å². The maximum Gasteiger partial charge on any atom is 0.0882 e. The van der Waals surface area contributed by atoms with Gasteiger partial charge >= 0.3 is 0 Å². The SMILES string of the molecule is COC(C)C1(C)NCC(C)S1. The van der Waals surface area contributed by atoms with Gasteiger partial charge in [-0.2, -0.15) is 0 Å². The summed E-state index contributed by atoms with van der Waals surface area (Å²) < 4.78 is 5.30. The lowest BCUT2D eigenvalue weighted by atomic mass is 10.2. The molecule has 1 aliphatic heterocycles. The lowest BCUT2D eigenvalue weighted by Gasteiger charge is -2.29. The zero-order valence-corrected chi connectivity index (χ0v) is 8.49. The molecule has 0 amide bonds. The van der Waals surface area contributed by atoms with Gasteiger partial charge in [-0.3, -0.25) is 5.32 Å². The van der Waals surface area contributed by atoms with E-state index in [2.05, 4.69) is 26.1 Å². The monoisotopic (exact) mass is 175 g/mol. The molecule has 0 aromatic carbocycles. The van der Waals surface area contributed by atoms with Crippen LogP contribution in [0, 0.1) is 0 Å². The summed E-state index contributed by atoms with van der Waals surface area (Å²) in [5.41, 5.74) is 0. The van der Waals surface area contributed by atoms with Crippen LogP contribution in [-0.4, -0.2) is 29.9 Å². The van der Waals surface area contributed by atoms with E-state index < -0.39 is 0 Å². The van der Waals surface area contributed by atoms with E-state index in [9.17, 15) is 0 Å². The van der Waals surface area contributed by atoms with Gasteiger partial charge in [-0.15, -0.1) is 11.8 Å². The standard InChI is InChI=1S/C8H17NOS/c1-6-5-9-8(3,11-6)7(2)10-4/h6-7,9H,5H2,1-4H3. The van der Waals surface area contributed by atoms with Gasteiger partial charge in [0.1, 0.15) is 0 Å². The number of thioether (sulfide) groups is 1. The summed E-state index contributed by atoms with van der Waals surface area (Å²) in [4.78, 5) is 0.119. The van der Waals surface area contributed by atoms with Crippen LogP contribution < -0.4 is 5.32 Å². The molecule has 66 valence electrons. The number of nitrogens with one attached hydrogen (secondary N) is 1. The van der Waals surface area contributed by atoms with Crippen molar-refractivity contribution >= 4 is 11.8 Å². The van der Waals surface area contributed by atoms with Gasteiger partial charge in [0.05, 0.1) is 11.0 Å². The van der Waals surface area contributed by atoms with E-state index in [0.717, 1.165) is 6.54 Å². The van der Waals surface area contributed by atoms with Crippen molar-refractivity contribution in [2.45, 2.75) is 37.0 Å². The van der Waals surface area contributed by atoms with Crippen LogP contribution in [0.4, 0.5) is 0 Å². The Labute approximate surface area is 73.1 Å². The number of rotatable bonds is 2. The molecule has 1 heterocycles. The van der Waals surface area contributed by atoms with Gasteiger partial charge < -0.3 is 4.74 Å². The average Bonchev–Trinajstić information content (AvgIpc) is 2.31. The van der Waals surface area contributed by atoms with Crippen LogP contribution >= 0.6 is 11.8 Å². The van der Waals surface area contributed by atoms with Crippen molar-refractivity contribution in [3.63, 3.8) is 0 Å². The minimum absolute atomic E-state index is 0.119. The molecular weight excluding hydrogens is 158 g/mol.